The van der Waals surface area contributed by atoms with E-state index in [1.54, 1.807) is 0 Å². The number of imidazole rings is 1. The zero-order valence-electron chi connectivity index (χ0n) is 11.4. The fourth-order valence-electron chi connectivity index (χ4n) is 2.51. The van der Waals surface area contributed by atoms with E-state index in [0.29, 0.717) is 13.1 Å². The van der Waals surface area contributed by atoms with Crippen molar-refractivity contribution in [1.29, 1.82) is 0 Å². The average molecular weight is 274 g/mol. The molecule has 0 spiro atoms. The highest BCUT2D eigenvalue weighted by atomic mass is 16.5. The monoisotopic (exact) mass is 274 g/mol. The second-order valence-electron chi connectivity index (χ2n) is 4.92. The van der Waals surface area contributed by atoms with Crippen LogP contribution in [0.1, 0.15) is 11.9 Å². The van der Waals surface area contributed by atoms with Crippen LogP contribution in [-0.4, -0.2) is 54.1 Å². The van der Waals surface area contributed by atoms with Crippen molar-refractivity contribution in [3.05, 3.63) is 30.1 Å². The summed E-state index contributed by atoms with van der Waals surface area (Å²) in [6.07, 6.45) is 0. The maximum Gasteiger partial charge on any atom is 0.248 e. The van der Waals surface area contributed by atoms with Gasteiger partial charge in [-0.3, -0.25) is 4.79 Å². The third kappa shape index (κ3) is 2.52. The standard InChI is InChI=1S/C14H18N4O2/c1-20-9-13(19)18-7-6-15-12(8-18)14-16-10-4-2-3-5-11(10)17-14/h2-5,12,15H,6-9H2,1H3,(H,16,17). The van der Waals surface area contributed by atoms with Crippen molar-refractivity contribution < 1.29 is 9.53 Å². The molecule has 1 aliphatic rings. The van der Waals surface area contributed by atoms with Gasteiger partial charge in [-0.15, -0.1) is 0 Å². The van der Waals surface area contributed by atoms with Crippen molar-refractivity contribution >= 4 is 16.9 Å². The minimum Gasteiger partial charge on any atom is -0.375 e. The Morgan fingerprint density at radius 3 is 3.15 bits per heavy atom. The number of carbonyl (C=O) groups excluding carboxylic acids is 1. The van der Waals surface area contributed by atoms with Crippen molar-refractivity contribution in [3.8, 4) is 0 Å². The Morgan fingerprint density at radius 1 is 1.50 bits per heavy atom. The summed E-state index contributed by atoms with van der Waals surface area (Å²) < 4.78 is 4.91. The molecule has 1 unspecified atom stereocenters. The first-order valence-electron chi connectivity index (χ1n) is 6.72. The summed E-state index contributed by atoms with van der Waals surface area (Å²) >= 11 is 0. The van der Waals surface area contributed by atoms with E-state index < -0.39 is 0 Å². The number of carbonyl (C=O) groups is 1. The number of methoxy groups -OCH3 is 1. The number of nitrogens with zero attached hydrogens (tertiary/aromatic N) is 2. The maximum atomic E-state index is 11.9. The lowest BCUT2D eigenvalue weighted by Gasteiger charge is -2.32. The van der Waals surface area contributed by atoms with Gasteiger partial charge in [-0.2, -0.15) is 0 Å². The highest BCUT2D eigenvalue weighted by molar-refractivity contribution is 5.78. The topological polar surface area (TPSA) is 70.2 Å². The molecule has 0 aliphatic carbocycles. The van der Waals surface area contributed by atoms with Gasteiger partial charge in [-0.1, -0.05) is 12.1 Å². The second kappa shape index (κ2) is 5.60. The lowest BCUT2D eigenvalue weighted by molar-refractivity contribution is -0.136. The molecule has 6 nitrogen and oxygen atoms in total. The molecule has 0 bridgehead atoms. The Bertz CT molecular complexity index is 577. The van der Waals surface area contributed by atoms with E-state index in [9.17, 15) is 4.79 Å². The van der Waals surface area contributed by atoms with Gasteiger partial charge < -0.3 is 19.9 Å². The third-order valence-corrected chi connectivity index (χ3v) is 3.53. The summed E-state index contributed by atoms with van der Waals surface area (Å²) in [5.74, 6) is 0.899. The molecule has 2 heterocycles. The molecule has 106 valence electrons. The van der Waals surface area contributed by atoms with Crippen LogP contribution >= 0.6 is 0 Å². The van der Waals surface area contributed by atoms with Crippen molar-refractivity contribution in [2.24, 2.45) is 0 Å². The molecule has 1 amide bonds. The number of piperazine rings is 1. The van der Waals surface area contributed by atoms with Crippen LogP contribution < -0.4 is 5.32 Å². The maximum absolute atomic E-state index is 11.9. The van der Waals surface area contributed by atoms with Gasteiger partial charge in [-0.25, -0.2) is 4.98 Å². The highest BCUT2D eigenvalue weighted by Crippen LogP contribution is 2.18. The number of hydrogen-bond acceptors (Lipinski definition) is 4. The number of rotatable bonds is 3. The van der Waals surface area contributed by atoms with Crippen molar-refractivity contribution in [2.75, 3.05) is 33.4 Å². The number of nitrogens with one attached hydrogen (secondary N) is 2. The number of benzene rings is 1. The van der Waals surface area contributed by atoms with E-state index >= 15 is 0 Å². The van der Waals surface area contributed by atoms with Gasteiger partial charge in [-0.05, 0) is 12.1 Å². The summed E-state index contributed by atoms with van der Waals surface area (Å²) in [6, 6.07) is 7.97. The Labute approximate surface area is 117 Å². The van der Waals surface area contributed by atoms with E-state index in [1.807, 2.05) is 29.2 Å². The van der Waals surface area contributed by atoms with Gasteiger partial charge in [0, 0.05) is 26.7 Å². The summed E-state index contributed by atoms with van der Waals surface area (Å²) in [4.78, 5) is 21.6. The molecule has 0 saturated carbocycles. The molecule has 6 heteroatoms. The third-order valence-electron chi connectivity index (χ3n) is 3.53. The van der Waals surface area contributed by atoms with E-state index in [2.05, 4.69) is 15.3 Å². The van der Waals surface area contributed by atoms with Gasteiger partial charge in [0.25, 0.3) is 0 Å². The number of aromatic nitrogens is 2. The molecule has 1 atom stereocenters. The first-order valence-corrected chi connectivity index (χ1v) is 6.72. The van der Waals surface area contributed by atoms with Gasteiger partial charge in [0.2, 0.25) is 5.91 Å². The van der Waals surface area contributed by atoms with E-state index in [-0.39, 0.29) is 18.6 Å². The van der Waals surface area contributed by atoms with Crippen LogP contribution in [0.2, 0.25) is 0 Å². The van der Waals surface area contributed by atoms with Gasteiger partial charge in [0.15, 0.2) is 0 Å². The van der Waals surface area contributed by atoms with Crippen LogP contribution in [0.4, 0.5) is 0 Å². The molecule has 1 saturated heterocycles. The molecular weight excluding hydrogens is 256 g/mol. The summed E-state index contributed by atoms with van der Waals surface area (Å²) in [6.45, 7) is 2.21. The first kappa shape index (κ1) is 13.1. The normalized spacial score (nSPS) is 19.4. The minimum atomic E-state index is 0.0233. The number of amides is 1. The van der Waals surface area contributed by atoms with Crippen LogP contribution in [0, 0.1) is 0 Å². The zero-order valence-corrected chi connectivity index (χ0v) is 11.4. The van der Waals surface area contributed by atoms with E-state index in [0.717, 1.165) is 23.4 Å². The quantitative estimate of drug-likeness (QED) is 0.863. The van der Waals surface area contributed by atoms with E-state index in [1.165, 1.54) is 7.11 Å². The Hall–Kier alpha value is -1.92. The van der Waals surface area contributed by atoms with Crippen molar-refractivity contribution in [1.82, 2.24) is 20.2 Å². The van der Waals surface area contributed by atoms with E-state index in [4.69, 9.17) is 4.74 Å². The molecule has 20 heavy (non-hydrogen) atoms. The number of ether oxygens (including phenoxy) is 1. The minimum absolute atomic E-state index is 0.0233. The molecule has 1 fully saturated rings. The van der Waals surface area contributed by atoms with Crippen LogP contribution in [0.5, 0.6) is 0 Å². The lowest BCUT2D eigenvalue weighted by Crippen LogP contribution is -2.49. The zero-order chi connectivity index (χ0) is 13.9. The number of para-hydroxylation sites is 2. The van der Waals surface area contributed by atoms with Crippen molar-refractivity contribution in [2.45, 2.75) is 6.04 Å². The predicted molar refractivity (Wildman–Crippen MR) is 75.3 cm³/mol. The molecular formula is C14H18N4O2. The summed E-state index contributed by atoms with van der Waals surface area (Å²) in [5, 5.41) is 3.39. The highest BCUT2D eigenvalue weighted by Gasteiger charge is 2.26. The first-order chi connectivity index (χ1) is 9.78. The smallest absolute Gasteiger partial charge is 0.248 e. The van der Waals surface area contributed by atoms with Crippen molar-refractivity contribution in [3.63, 3.8) is 0 Å². The van der Waals surface area contributed by atoms with Crippen LogP contribution in [0.25, 0.3) is 11.0 Å². The number of aromatic amines is 1. The lowest BCUT2D eigenvalue weighted by atomic mass is 10.2. The molecule has 1 aliphatic heterocycles. The predicted octanol–water partition coefficient (Wildman–Crippen LogP) is 0.682. The van der Waals surface area contributed by atoms with Crippen LogP contribution in [0.15, 0.2) is 24.3 Å². The van der Waals surface area contributed by atoms with Gasteiger partial charge >= 0.3 is 0 Å². The Morgan fingerprint density at radius 2 is 2.35 bits per heavy atom. The van der Waals surface area contributed by atoms with Gasteiger partial charge in [0.05, 0.1) is 17.1 Å². The largest absolute Gasteiger partial charge is 0.375 e. The number of fused-ring (bicyclic) bond motifs is 1. The van der Waals surface area contributed by atoms with Crippen LogP contribution in [-0.2, 0) is 9.53 Å². The summed E-state index contributed by atoms with van der Waals surface area (Å²) in [7, 11) is 1.54. The molecule has 1 aromatic heterocycles. The fraction of sp³-hybridized carbons (Fsp3) is 0.429. The SMILES string of the molecule is COCC(=O)N1CCNC(c2nc3ccccc3[nH]2)C1. The number of H-pyrrole nitrogens is 1. The molecule has 0 radical (unpaired) electrons. The number of hydrogen-bond donors (Lipinski definition) is 2. The average Bonchev–Trinajstić information content (AvgIpc) is 2.91. The van der Waals surface area contributed by atoms with Crippen LogP contribution in [0.3, 0.4) is 0 Å². The molecule has 2 aromatic rings. The Kier molecular flexibility index (Phi) is 3.66. The second-order valence-corrected chi connectivity index (χ2v) is 4.92. The fourth-order valence-corrected chi connectivity index (χ4v) is 2.51. The molecule has 3 rings (SSSR count). The Balaban J connectivity index is 1.77. The molecule has 1 aromatic carbocycles. The molecule has 2 N–H and O–H groups in total. The van der Waals surface area contributed by atoms with Gasteiger partial charge in [0.1, 0.15) is 12.4 Å². The summed E-state index contributed by atoms with van der Waals surface area (Å²) in [5.41, 5.74) is 1.97.